The molecule has 0 saturated heterocycles. The molecule has 0 aliphatic carbocycles. The SMILES string of the molecule is Cc1ncccc1C(=O)N(Cc1cccc(N)c1)C(C)C. The smallest absolute Gasteiger partial charge is 0.256 e. The lowest BCUT2D eigenvalue weighted by molar-refractivity contribution is 0.0689. The Morgan fingerprint density at radius 1 is 1.29 bits per heavy atom. The lowest BCUT2D eigenvalue weighted by atomic mass is 10.1. The zero-order valence-electron chi connectivity index (χ0n) is 12.7. The highest BCUT2D eigenvalue weighted by molar-refractivity contribution is 5.95. The second-order valence-electron chi connectivity index (χ2n) is 5.41. The van der Waals surface area contributed by atoms with Crippen LogP contribution in [0.15, 0.2) is 42.6 Å². The Morgan fingerprint density at radius 3 is 2.67 bits per heavy atom. The summed E-state index contributed by atoms with van der Waals surface area (Å²) in [5, 5.41) is 0. The van der Waals surface area contributed by atoms with E-state index in [0.29, 0.717) is 17.8 Å². The number of nitrogen functional groups attached to an aromatic ring is 1. The first-order chi connectivity index (χ1) is 9.99. The summed E-state index contributed by atoms with van der Waals surface area (Å²) in [5.74, 6) is -0.00183. The number of aromatic nitrogens is 1. The van der Waals surface area contributed by atoms with Gasteiger partial charge in [-0.3, -0.25) is 9.78 Å². The summed E-state index contributed by atoms with van der Waals surface area (Å²) in [6.07, 6.45) is 1.70. The van der Waals surface area contributed by atoms with E-state index in [2.05, 4.69) is 4.98 Å². The molecule has 0 atom stereocenters. The first-order valence-electron chi connectivity index (χ1n) is 7.06. The van der Waals surface area contributed by atoms with Crippen LogP contribution >= 0.6 is 0 Å². The van der Waals surface area contributed by atoms with Crippen LogP contribution < -0.4 is 5.73 Å². The molecule has 0 unspecified atom stereocenters. The van der Waals surface area contributed by atoms with Gasteiger partial charge in [-0.2, -0.15) is 0 Å². The van der Waals surface area contributed by atoms with Crippen molar-refractivity contribution >= 4 is 11.6 Å². The number of benzene rings is 1. The molecule has 0 aliphatic heterocycles. The van der Waals surface area contributed by atoms with Gasteiger partial charge in [0, 0.05) is 30.2 Å². The van der Waals surface area contributed by atoms with Gasteiger partial charge in [0.15, 0.2) is 0 Å². The molecule has 0 bridgehead atoms. The maximum atomic E-state index is 12.8. The molecule has 1 heterocycles. The minimum Gasteiger partial charge on any atom is -0.399 e. The Morgan fingerprint density at radius 2 is 2.05 bits per heavy atom. The fraction of sp³-hybridized carbons (Fsp3) is 0.294. The number of nitrogens with two attached hydrogens (primary N) is 1. The zero-order chi connectivity index (χ0) is 15.4. The van der Waals surface area contributed by atoms with Crippen LogP contribution in [0.1, 0.15) is 35.5 Å². The van der Waals surface area contributed by atoms with Gasteiger partial charge in [-0.1, -0.05) is 12.1 Å². The molecule has 1 aromatic carbocycles. The fourth-order valence-electron chi connectivity index (χ4n) is 2.24. The molecule has 1 amide bonds. The van der Waals surface area contributed by atoms with Gasteiger partial charge in [0.25, 0.3) is 5.91 Å². The van der Waals surface area contributed by atoms with Crippen LogP contribution in [0.2, 0.25) is 0 Å². The molecule has 2 rings (SSSR count). The van der Waals surface area contributed by atoms with E-state index in [1.807, 2.05) is 56.0 Å². The Kier molecular flexibility index (Phi) is 4.58. The third-order valence-electron chi connectivity index (χ3n) is 3.43. The predicted octanol–water partition coefficient (Wildman–Crippen LogP) is 3.02. The van der Waals surface area contributed by atoms with E-state index < -0.39 is 0 Å². The third kappa shape index (κ3) is 3.60. The van der Waals surface area contributed by atoms with Crippen molar-refractivity contribution in [3.63, 3.8) is 0 Å². The Bertz CT molecular complexity index is 637. The molecule has 0 fully saturated rings. The number of aryl methyl sites for hydroxylation is 1. The van der Waals surface area contributed by atoms with Crippen molar-refractivity contribution in [2.24, 2.45) is 0 Å². The molecule has 0 radical (unpaired) electrons. The first kappa shape index (κ1) is 15.0. The van der Waals surface area contributed by atoms with E-state index in [0.717, 1.165) is 11.3 Å². The largest absolute Gasteiger partial charge is 0.399 e. The molecule has 21 heavy (non-hydrogen) atoms. The molecule has 0 aliphatic rings. The maximum absolute atomic E-state index is 12.8. The standard InChI is InChI=1S/C17H21N3O/c1-12(2)20(11-14-6-4-7-15(18)10-14)17(21)16-8-5-9-19-13(16)3/h4-10,12H,11,18H2,1-3H3. The van der Waals surface area contributed by atoms with E-state index in [-0.39, 0.29) is 11.9 Å². The maximum Gasteiger partial charge on any atom is 0.256 e. The molecule has 110 valence electrons. The highest BCUT2D eigenvalue weighted by Gasteiger charge is 2.20. The highest BCUT2D eigenvalue weighted by Crippen LogP contribution is 2.16. The van der Waals surface area contributed by atoms with Gasteiger partial charge in [0.05, 0.1) is 5.56 Å². The van der Waals surface area contributed by atoms with Crippen molar-refractivity contribution in [3.05, 3.63) is 59.4 Å². The molecule has 2 aromatic rings. The monoisotopic (exact) mass is 283 g/mol. The number of hydrogen-bond donors (Lipinski definition) is 1. The number of amides is 1. The number of hydrogen-bond acceptors (Lipinski definition) is 3. The number of carbonyl (C=O) groups excluding carboxylic acids is 1. The normalized spacial score (nSPS) is 10.7. The Hall–Kier alpha value is -2.36. The predicted molar refractivity (Wildman–Crippen MR) is 84.8 cm³/mol. The van der Waals surface area contributed by atoms with Gasteiger partial charge >= 0.3 is 0 Å². The van der Waals surface area contributed by atoms with Gasteiger partial charge in [-0.25, -0.2) is 0 Å². The van der Waals surface area contributed by atoms with E-state index in [9.17, 15) is 4.79 Å². The number of rotatable bonds is 4. The lowest BCUT2D eigenvalue weighted by Gasteiger charge is -2.27. The number of pyridine rings is 1. The Balaban J connectivity index is 2.27. The highest BCUT2D eigenvalue weighted by atomic mass is 16.2. The molecule has 4 heteroatoms. The molecule has 2 N–H and O–H groups in total. The summed E-state index contributed by atoms with van der Waals surface area (Å²) in [6.45, 7) is 6.41. The second-order valence-corrected chi connectivity index (χ2v) is 5.41. The minimum atomic E-state index is -0.00183. The topological polar surface area (TPSA) is 59.2 Å². The van der Waals surface area contributed by atoms with Crippen molar-refractivity contribution in [3.8, 4) is 0 Å². The van der Waals surface area contributed by atoms with Crippen LogP contribution in [0.25, 0.3) is 0 Å². The summed E-state index contributed by atoms with van der Waals surface area (Å²) in [7, 11) is 0. The summed E-state index contributed by atoms with van der Waals surface area (Å²) in [5.41, 5.74) is 8.94. The van der Waals surface area contributed by atoms with Crippen LogP contribution in [0.3, 0.4) is 0 Å². The summed E-state index contributed by atoms with van der Waals surface area (Å²) >= 11 is 0. The van der Waals surface area contributed by atoms with Gasteiger partial charge in [0.2, 0.25) is 0 Å². The first-order valence-corrected chi connectivity index (χ1v) is 7.06. The molecule has 1 aromatic heterocycles. The van der Waals surface area contributed by atoms with Gasteiger partial charge in [0.1, 0.15) is 0 Å². The Labute approximate surface area is 125 Å². The number of anilines is 1. The van der Waals surface area contributed by atoms with Crippen molar-refractivity contribution in [1.82, 2.24) is 9.88 Å². The third-order valence-corrected chi connectivity index (χ3v) is 3.43. The van der Waals surface area contributed by atoms with Crippen LogP contribution in [0.5, 0.6) is 0 Å². The minimum absolute atomic E-state index is 0.00183. The van der Waals surface area contributed by atoms with Crippen LogP contribution in [-0.4, -0.2) is 21.8 Å². The van der Waals surface area contributed by atoms with E-state index >= 15 is 0 Å². The van der Waals surface area contributed by atoms with Gasteiger partial charge in [-0.15, -0.1) is 0 Å². The second kappa shape index (κ2) is 6.39. The van der Waals surface area contributed by atoms with Crippen LogP contribution in [-0.2, 0) is 6.54 Å². The van der Waals surface area contributed by atoms with Crippen molar-refractivity contribution in [1.29, 1.82) is 0 Å². The molecule has 4 nitrogen and oxygen atoms in total. The van der Waals surface area contributed by atoms with E-state index in [4.69, 9.17) is 5.73 Å². The van der Waals surface area contributed by atoms with E-state index in [1.165, 1.54) is 0 Å². The van der Waals surface area contributed by atoms with Crippen LogP contribution in [0, 0.1) is 6.92 Å². The van der Waals surface area contributed by atoms with Crippen molar-refractivity contribution in [2.45, 2.75) is 33.4 Å². The molecule has 0 spiro atoms. The van der Waals surface area contributed by atoms with Gasteiger partial charge < -0.3 is 10.6 Å². The lowest BCUT2D eigenvalue weighted by Crippen LogP contribution is -2.36. The quantitative estimate of drug-likeness (QED) is 0.877. The van der Waals surface area contributed by atoms with Gasteiger partial charge in [-0.05, 0) is 50.6 Å². The fourth-order valence-corrected chi connectivity index (χ4v) is 2.24. The summed E-state index contributed by atoms with van der Waals surface area (Å²) < 4.78 is 0. The summed E-state index contributed by atoms with van der Waals surface area (Å²) in [4.78, 5) is 18.8. The van der Waals surface area contributed by atoms with Crippen molar-refractivity contribution < 1.29 is 4.79 Å². The van der Waals surface area contributed by atoms with Crippen LogP contribution in [0.4, 0.5) is 5.69 Å². The van der Waals surface area contributed by atoms with Crippen molar-refractivity contribution in [2.75, 3.05) is 5.73 Å². The molecular weight excluding hydrogens is 262 g/mol. The number of nitrogens with zero attached hydrogens (tertiary/aromatic N) is 2. The van der Waals surface area contributed by atoms with E-state index in [1.54, 1.807) is 12.3 Å². The summed E-state index contributed by atoms with van der Waals surface area (Å²) in [6, 6.07) is 11.3. The zero-order valence-corrected chi connectivity index (χ0v) is 12.7. The molecular formula is C17H21N3O. The number of carbonyl (C=O) groups is 1. The average Bonchev–Trinajstić information content (AvgIpc) is 2.44. The molecule has 0 saturated carbocycles. The average molecular weight is 283 g/mol.